The van der Waals surface area contributed by atoms with E-state index in [0.717, 1.165) is 18.1 Å². The number of nitrogens with zero attached hydrogens (tertiary/aromatic N) is 1. The number of piperidine rings is 2. The number of ether oxygens (including phenoxy) is 1. The van der Waals surface area contributed by atoms with Gasteiger partial charge in [-0.2, -0.15) is 13.2 Å². The quantitative estimate of drug-likeness (QED) is 0.643. The predicted molar refractivity (Wildman–Crippen MR) is 116 cm³/mol. The lowest BCUT2D eigenvalue weighted by Gasteiger charge is -2.50. The van der Waals surface area contributed by atoms with Crippen LogP contribution in [0.25, 0.3) is 0 Å². The molecule has 2 aliphatic rings. The van der Waals surface area contributed by atoms with Gasteiger partial charge in [-0.1, -0.05) is 42.5 Å². The van der Waals surface area contributed by atoms with E-state index in [1.165, 1.54) is 42.5 Å². The third-order valence-corrected chi connectivity index (χ3v) is 7.35. The molecule has 0 unspecified atom stereocenters. The van der Waals surface area contributed by atoms with Gasteiger partial charge in [-0.05, 0) is 29.9 Å². The second-order valence-corrected chi connectivity index (χ2v) is 9.08. The van der Waals surface area contributed by atoms with E-state index in [9.17, 15) is 31.5 Å². The first-order valence-electron chi connectivity index (χ1n) is 11.2. The zero-order chi connectivity index (χ0) is 25.4. The zero-order valence-electron chi connectivity index (χ0n) is 19.0. The number of halogens is 5. The molecule has 0 aliphatic carbocycles. The summed E-state index contributed by atoms with van der Waals surface area (Å²) in [5, 5.41) is 2.68. The van der Waals surface area contributed by atoms with E-state index < -0.39 is 40.7 Å². The number of benzene rings is 2. The summed E-state index contributed by atoms with van der Waals surface area (Å²) >= 11 is 0. The number of carbonyl (C=O) groups excluding carboxylic acids is 2. The molecule has 1 spiro atoms. The lowest BCUT2D eigenvalue weighted by atomic mass is 9.62. The molecule has 2 saturated heterocycles. The van der Waals surface area contributed by atoms with Crippen molar-refractivity contribution in [2.45, 2.75) is 37.0 Å². The number of carbonyl (C=O) groups is 2. The summed E-state index contributed by atoms with van der Waals surface area (Å²) in [5.74, 6) is -4.13. The average molecular weight is 496 g/mol. The highest BCUT2D eigenvalue weighted by Gasteiger charge is 2.64. The Morgan fingerprint density at radius 1 is 1.06 bits per heavy atom. The van der Waals surface area contributed by atoms with Crippen molar-refractivity contribution >= 4 is 11.8 Å². The summed E-state index contributed by atoms with van der Waals surface area (Å²) in [7, 11) is 0.845. The highest BCUT2D eigenvalue weighted by Crippen LogP contribution is 2.51. The largest absolute Gasteiger partial charge is 0.430 e. The second-order valence-electron chi connectivity index (χ2n) is 9.08. The van der Waals surface area contributed by atoms with Gasteiger partial charge in [0.15, 0.2) is 11.6 Å². The van der Waals surface area contributed by atoms with Crippen molar-refractivity contribution in [3.8, 4) is 0 Å². The van der Waals surface area contributed by atoms with Crippen molar-refractivity contribution < 1.29 is 36.3 Å². The van der Waals surface area contributed by atoms with Crippen LogP contribution in [0.5, 0.6) is 0 Å². The third-order valence-electron chi connectivity index (χ3n) is 7.35. The van der Waals surface area contributed by atoms with Crippen molar-refractivity contribution in [1.82, 2.24) is 10.2 Å². The van der Waals surface area contributed by atoms with Gasteiger partial charge in [-0.15, -0.1) is 0 Å². The molecule has 2 amide bonds. The number of amides is 2. The topological polar surface area (TPSA) is 58.6 Å². The highest BCUT2D eigenvalue weighted by molar-refractivity contribution is 5.88. The maximum Gasteiger partial charge on any atom is 0.430 e. The zero-order valence-corrected chi connectivity index (χ0v) is 19.0. The van der Waals surface area contributed by atoms with E-state index >= 15 is 0 Å². The Morgan fingerprint density at radius 3 is 2.31 bits per heavy atom. The van der Waals surface area contributed by atoms with Crippen molar-refractivity contribution in [2.24, 2.45) is 5.41 Å². The Morgan fingerprint density at radius 2 is 1.71 bits per heavy atom. The highest BCUT2D eigenvalue weighted by atomic mass is 19.4. The standard InChI is InChI=1S/C25H25F5N2O3/c1-35-24(25(28,29)30,16-6-3-2-4-7-16)22(34)32-12-10-23(11-13-32)14-20(33)31-15-18(23)17-8-5-9-19(26)21(17)27/h2-9,18H,10-15H2,1H3,(H,31,33)/t18-,24+/m0/s1. The van der Waals surface area contributed by atoms with Gasteiger partial charge in [0, 0.05) is 44.6 Å². The van der Waals surface area contributed by atoms with Gasteiger partial charge < -0.3 is 15.0 Å². The van der Waals surface area contributed by atoms with Gasteiger partial charge in [0.25, 0.3) is 11.5 Å². The first kappa shape index (κ1) is 25.1. The maximum absolute atomic E-state index is 14.7. The van der Waals surface area contributed by atoms with E-state index in [2.05, 4.69) is 5.32 Å². The molecule has 5 nitrogen and oxygen atoms in total. The van der Waals surface area contributed by atoms with Gasteiger partial charge in [0.2, 0.25) is 5.91 Å². The Bertz CT molecular complexity index is 1100. The van der Waals surface area contributed by atoms with E-state index in [-0.39, 0.29) is 55.9 Å². The molecule has 0 radical (unpaired) electrons. The van der Waals surface area contributed by atoms with Gasteiger partial charge >= 0.3 is 6.18 Å². The van der Waals surface area contributed by atoms with E-state index in [4.69, 9.17) is 4.74 Å². The SMILES string of the molecule is CO[C@@](C(=O)N1CCC2(CC1)CC(=O)NC[C@H]2c1cccc(F)c1F)(c1ccccc1)C(F)(F)F. The number of nitrogens with one attached hydrogen (secondary N) is 1. The van der Waals surface area contributed by atoms with Gasteiger partial charge in [-0.25, -0.2) is 8.78 Å². The molecule has 0 saturated carbocycles. The molecular weight excluding hydrogens is 471 g/mol. The molecule has 0 bridgehead atoms. The number of likely N-dealkylation sites (tertiary alicyclic amines) is 1. The lowest BCUT2D eigenvalue weighted by Crippen LogP contribution is -2.60. The monoisotopic (exact) mass is 496 g/mol. The van der Waals surface area contributed by atoms with Crippen LogP contribution in [-0.4, -0.2) is 49.6 Å². The minimum atomic E-state index is -5.03. The molecule has 188 valence electrons. The fourth-order valence-corrected chi connectivity index (χ4v) is 5.47. The van der Waals surface area contributed by atoms with Crippen LogP contribution in [0.1, 0.15) is 36.3 Å². The summed E-state index contributed by atoms with van der Waals surface area (Å²) in [6.45, 7) is -0.108. The van der Waals surface area contributed by atoms with E-state index in [0.29, 0.717) is 0 Å². The minimum absolute atomic E-state index is 0.00300. The average Bonchev–Trinajstić information content (AvgIpc) is 2.82. The molecule has 2 atom stereocenters. The Hall–Kier alpha value is -3.01. The van der Waals surface area contributed by atoms with Gasteiger partial charge in [0.1, 0.15) is 0 Å². The van der Waals surface area contributed by atoms with Crippen LogP contribution in [-0.2, 0) is 19.9 Å². The van der Waals surface area contributed by atoms with Crippen LogP contribution in [0.3, 0.4) is 0 Å². The molecule has 35 heavy (non-hydrogen) atoms. The van der Waals surface area contributed by atoms with Gasteiger partial charge in [0.05, 0.1) is 0 Å². The lowest BCUT2D eigenvalue weighted by molar-refractivity contribution is -0.271. The number of methoxy groups -OCH3 is 1. The van der Waals surface area contributed by atoms with Crippen LogP contribution in [0.15, 0.2) is 48.5 Å². The van der Waals surface area contributed by atoms with Gasteiger partial charge in [-0.3, -0.25) is 9.59 Å². The summed E-state index contributed by atoms with van der Waals surface area (Å²) < 4.78 is 76.5. The summed E-state index contributed by atoms with van der Waals surface area (Å²) in [4.78, 5) is 26.7. The molecular formula is C25H25F5N2O3. The van der Waals surface area contributed by atoms with E-state index in [1.807, 2.05) is 0 Å². The molecule has 2 heterocycles. The fraction of sp³-hybridized carbons (Fsp3) is 0.440. The first-order chi connectivity index (χ1) is 16.6. The van der Waals surface area contributed by atoms with Crippen LogP contribution in [0.2, 0.25) is 0 Å². The summed E-state index contributed by atoms with van der Waals surface area (Å²) in [6.07, 6.45) is -4.73. The normalized spacial score (nSPS) is 21.9. The Labute approximate surface area is 199 Å². The maximum atomic E-state index is 14.7. The second kappa shape index (κ2) is 9.22. The first-order valence-corrected chi connectivity index (χ1v) is 11.2. The third kappa shape index (κ3) is 4.17. The van der Waals surface area contributed by atoms with Crippen molar-refractivity contribution in [2.75, 3.05) is 26.7 Å². The summed E-state index contributed by atoms with van der Waals surface area (Å²) in [6, 6.07) is 10.5. The minimum Gasteiger partial charge on any atom is -0.356 e. The number of alkyl halides is 3. The fourth-order valence-electron chi connectivity index (χ4n) is 5.47. The molecule has 4 rings (SSSR count). The van der Waals surface area contributed by atoms with Crippen LogP contribution in [0, 0.1) is 17.0 Å². The van der Waals surface area contributed by atoms with Crippen LogP contribution in [0.4, 0.5) is 22.0 Å². The Kier molecular flexibility index (Phi) is 6.61. The van der Waals surface area contributed by atoms with E-state index in [1.54, 1.807) is 0 Å². The molecule has 2 aliphatic heterocycles. The molecule has 2 aromatic rings. The number of rotatable bonds is 4. The van der Waals surface area contributed by atoms with Crippen molar-refractivity contribution in [3.05, 3.63) is 71.3 Å². The summed E-state index contributed by atoms with van der Waals surface area (Å²) in [5.41, 5.74) is -4.24. The van der Waals surface area contributed by atoms with Crippen molar-refractivity contribution in [3.63, 3.8) is 0 Å². The molecule has 2 fully saturated rings. The smallest absolute Gasteiger partial charge is 0.356 e. The Balaban J connectivity index is 1.64. The van der Waals surface area contributed by atoms with Crippen LogP contribution < -0.4 is 5.32 Å². The molecule has 10 heteroatoms. The number of hydrogen-bond acceptors (Lipinski definition) is 3. The van der Waals surface area contributed by atoms with Crippen molar-refractivity contribution in [1.29, 1.82) is 0 Å². The number of hydrogen-bond donors (Lipinski definition) is 1. The molecule has 0 aromatic heterocycles. The molecule has 1 N–H and O–H groups in total. The molecule has 2 aromatic carbocycles. The van der Waals surface area contributed by atoms with Crippen LogP contribution >= 0.6 is 0 Å². The predicted octanol–water partition coefficient (Wildman–Crippen LogP) is 4.28.